The molecule has 0 spiro atoms. The zero-order chi connectivity index (χ0) is 25.2. The van der Waals surface area contributed by atoms with Gasteiger partial charge in [-0.3, -0.25) is 4.90 Å². The maximum atomic E-state index is 10.4. The first-order valence-electron chi connectivity index (χ1n) is 11.8. The van der Waals surface area contributed by atoms with E-state index in [1.54, 1.807) is 36.5 Å². The molecule has 0 aliphatic carbocycles. The Bertz CT molecular complexity index is 1390. The second-order valence-electron chi connectivity index (χ2n) is 8.93. The molecule has 1 aliphatic rings. The Morgan fingerprint density at radius 3 is 2.53 bits per heavy atom. The fourth-order valence-electron chi connectivity index (χ4n) is 4.53. The molecule has 1 aliphatic heterocycles. The van der Waals surface area contributed by atoms with E-state index in [-0.39, 0.29) is 18.1 Å². The van der Waals surface area contributed by atoms with Gasteiger partial charge in [0.05, 0.1) is 12.1 Å². The number of anilines is 3. The van der Waals surface area contributed by atoms with E-state index in [0.717, 1.165) is 59.6 Å². The summed E-state index contributed by atoms with van der Waals surface area (Å²) in [5.74, 6) is 0.843. The van der Waals surface area contributed by atoms with Crippen LogP contribution in [-0.2, 0) is 0 Å². The predicted molar refractivity (Wildman–Crippen MR) is 144 cm³/mol. The average molecular weight is 506 g/mol. The number of aliphatic hydroxyl groups excluding tert-OH is 1. The maximum absolute atomic E-state index is 10.4. The molecule has 1 aromatic heterocycles. The third-order valence-electron chi connectivity index (χ3n) is 6.56. The number of aromatic hydroxyl groups is 2. The van der Waals surface area contributed by atoms with Crippen LogP contribution >= 0.6 is 11.6 Å². The van der Waals surface area contributed by atoms with Gasteiger partial charge >= 0.3 is 0 Å². The second-order valence-corrected chi connectivity index (χ2v) is 9.33. The molecule has 0 bridgehead atoms. The largest absolute Gasteiger partial charge is 0.508 e. The molecule has 36 heavy (non-hydrogen) atoms. The van der Waals surface area contributed by atoms with Crippen molar-refractivity contribution in [2.45, 2.75) is 0 Å². The zero-order valence-corrected chi connectivity index (χ0v) is 20.7. The van der Waals surface area contributed by atoms with Gasteiger partial charge in [0.25, 0.3) is 0 Å². The molecule has 0 radical (unpaired) electrons. The third-order valence-corrected chi connectivity index (χ3v) is 6.89. The molecular formula is C27H28ClN5O3. The molecule has 5 rings (SSSR count). The summed E-state index contributed by atoms with van der Waals surface area (Å²) in [6, 6.07) is 16.1. The Morgan fingerprint density at radius 1 is 0.944 bits per heavy atom. The van der Waals surface area contributed by atoms with Crippen molar-refractivity contribution >= 4 is 39.8 Å². The van der Waals surface area contributed by atoms with E-state index >= 15 is 0 Å². The van der Waals surface area contributed by atoms with Crippen LogP contribution < -0.4 is 9.80 Å². The van der Waals surface area contributed by atoms with Crippen LogP contribution in [0.3, 0.4) is 0 Å². The fourth-order valence-corrected chi connectivity index (χ4v) is 4.76. The van der Waals surface area contributed by atoms with Crippen LogP contribution in [0.25, 0.3) is 22.0 Å². The molecule has 1 fully saturated rings. The monoisotopic (exact) mass is 505 g/mol. The summed E-state index contributed by atoms with van der Waals surface area (Å²) >= 11 is 6.33. The number of piperazine rings is 1. The van der Waals surface area contributed by atoms with Crippen LogP contribution in [0.15, 0.2) is 60.8 Å². The van der Waals surface area contributed by atoms with Crippen molar-refractivity contribution in [3.8, 4) is 22.6 Å². The topological polar surface area (TPSA) is 96.2 Å². The molecular weight excluding hydrogens is 478 g/mol. The van der Waals surface area contributed by atoms with Crippen LogP contribution in [-0.4, -0.2) is 76.6 Å². The number of fused-ring (bicyclic) bond motifs is 1. The zero-order valence-electron chi connectivity index (χ0n) is 20.0. The van der Waals surface area contributed by atoms with Gasteiger partial charge in [-0.1, -0.05) is 17.7 Å². The van der Waals surface area contributed by atoms with E-state index in [2.05, 4.69) is 14.8 Å². The van der Waals surface area contributed by atoms with Crippen molar-refractivity contribution < 1.29 is 15.3 Å². The molecule has 3 N–H and O–H groups in total. The SMILES string of the molecule is CN(c1cc(O)cc(N2CCN(CCO)CC2)c1)c1ncc2cc(-c3cc(O)ccc3Cl)ccc2n1. The second kappa shape index (κ2) is 10.2. The maximum Gasteiger partial charge on any atom is 0.230 e. The molecule has 0 atom stereocenters. The van der Waals surface area contributed by atoms with E-state index in [0.29, 0.717) is 17.5 Å². The lowest BCUT2D eigenvalue weighted by molar-refractivity contribution is 0.189. The highest BCUT2D eigenvalue weighted by molar-refractivity contribution is 6.33. The van der Waals surface area contributed by atoms with Gasteiger partial charge < -0.3 is 25.1 Å². The van der Waals surface area contributed by atoms with Crippen molar-refractivity contribution in [1.29, 1.82) is 0 Å². The number of rotatable bonds is 6. The van der Waals surface area contributed by atoms with Crippen molar-refractivity contribution in [3.63, 3.8) is 0 Å². The van der Waals surface area contributed by atoms with Crippen LogP contribution in [0.2, 0.25) is 5.02 Å². The number of hydrogen-bond donors (Lipinski definition) is 3. The minimum Gasteiger partial charge on any atom is -0.508 e. The third kappa shape index (κ3) is 5.02. The van der Waals surface area contributed by atoms with Crippen LogP contribution in [0.1, 0.15) is 0 Å². The van der Waals surface area contributed by atoms with Crippen molar-refractivity contribution in [2.24, 2.45) is 0 Å². The van der Waals surface area contributed by atoms with E-state index < -0.39 is 0 Å². The Kier molecular flexibility index (Phi) is 6.82. The van der Waals surface area contributed by atoms with Gasteiger partial charge in [-0.15, -0.1) is 0 Å². The van der Waals surface area contributed by atoms with Gasteiger partial charge in [0.1, 0.15) is 11.5 Å². The number of halogens is 1. The van der Waals surface area contributed by atoms with E-state index in [4.69, 9.17) is 16.6 Å². The molecule has 8 nitrogen and oxygen atoms in total. The first kappa shape index (κ1) is 24.1. The fraction of sp³-hybridized carbons (Fsp3) is 0.259. The molecule has 0 unspecified atom stereocenters. The lowest BCUT2D eigenvalue weighted by Crippen LogP contribution is -2.47. The number of nitrogens with zero attached hydrogens (tertiary/aromatic N) is 5. The normalized spacial score (nSPS) is 14.4. The van der Waals surface area contributed by atoms with Gasteiger partial charge in [0.15, 0.2) is 0 Å². The van der Waals surface area contributed by atoms with E-state index in [1.165, 1.54) is 0 Å². The first-order chi connectivity index (χ1) is 17.4. The highest BCUT2D eigenvalue weighted by atomic mass is 35.5. The Balaban J connectivity index is 1.40. The van der Waals surface area contributed by atoms with E-state index in [1.807, 2.05) is 36.2 Å². The number of phenols is 2. The summed E-state index contributed by atoms with van der Waals surface area (Å²) < 4.78 is 0. The number of hydrogen-bond acceptors (Lipinski definition) is 8. The standard InChI is InChI=1S/C27H28ClN5O3/c1-31(20-13-21(15-23(36)14-20)33-8-6-32(7-9-33)10-11-34)27-29-17-19-12-18(2-5-26(19)30-27)24-16-22(35)3-4-25(24)28/h2-5,12-17,34-36H,6-11H2,1H3. The molecule has 2 heterocycles. The summed E-state index contributed by atoms with van der Waals surface area (Å²) in [5.41, 5.74) is 4.10. The number of β-amino-alcohol motifs (C(OH)–C–C–N with tert-alkyl or cyclic N) is 1. The average Bonchev–Trinajstić information content (AvgIpc) is 2.89. The Morgan fingerprint density at radius 2 is 1.75 bits per heavy atom. The quantitative estimate of drug-likeness (QED) is 0.358. The Hall–Kier alpha value is -3.59. The Labute approximate surface area is 214 Å². The highest BCUT2D eigenvalue weighted by Gasteiger charge is 2.19. The van der Waals surface area contributed by atoms with Crippen molar-refractivity contribution in [3.05, 3.63) is 65.8 Å². The number of aliphatic hydroxyl groups is 1. The smallest absolute Gasteiger partial charge is 0.230 e. The molecule has 4 aromatic rings. The molecule has 1 saturated heterocycles. The van der Waals surface area contributed by atoms with Crippen molar-refractivity contribution in [2.75, 3.05) is 56.2 Å². The molecule has 0 amide bonds. The molecule has 0 saturated carbocycles. The first-order valence-corrected chi connectivity index (χ1v) is 12.2. The molecule has 186 valence electrons. The highest BCUT2D eigenvalue weighted by Crippen LogP contribution is 2.34. The number of aromatic nitrogens is 2. The number of phenolic OH excluding ortho intramolecular Hbond substituents is 2. The van der Waals surface area contributed by atoms with Crippen LogP contribution in [0, 0.1) is 0 Å². The minimum atomic E-state index is 0.153. The summed E-state index contributed by atoms with van der Waals surface area (Å²) in [6.45, 7) is 4.23. The van der Waals surface area contributed by atoms with Crippen LogP contribution in [0.4, 0.5) is 17.3 Å². The molecule has 9 heteroatoms. The van der Waals surface area contributed by atoms with Crippen molar-refractivity contribution in [1.82, 2.24) is 14.9 Å². The van der Waals surface area contributed by atoms with Gasteiger partial charge in [-0.05, 0) is 42.0 Å². The molecule has 3 aromatic carbocycles. The summed E-state index contributed by atoms with van der Waals surface area (Å²) in [7, 11) is 1.87. The van der Waals surface area contributed by atoms with Crippen LogP contribution in [0.5, 0.6) is 11.5 Å². The lowest BCUT2D eigenvalue weighted by Gasteiger charge is -2.36. The van der Waals surface area contributed by atoms with Gasteiger partial charge in [0.2, 0.25) is 5.95 Å². The summed E-state index contributed by atoms with van der Waals surface area (Å²) in [5, 5.41) is 30.9. The van der Waals surface area contributed by atoms with Gasteiger partial charge in [0, 0.05) is 85.4 Å². The van der Waals surface area contributed by atoms with Gasteiger partial charge in [-0.25, -0.2) is 9.97 Å². The number of benzene rings is 3. The van der Waals surface area contributed by atoms with Gasteiger partial charge in [-0.2, -0.15) is 0 Å². The van der Waals surface area contributed by atoms with E-state index in [9.17, 15) is 15.3 Å². The summed E-state index contributed by atoms with van der Waals surface area (Å²) in [6.07, 6.45) is 1.76. The minimum absolute atomic E-state index is 0.153. The summed E-state index contributed by atoms with van der Waals surface area (Å²) in [4.78, 5) is 15.6. The lowest BCUT2D eigenvalue weighted by atomic mass is 10.0. The predicted octanol–water partition coefficient (Wildman–Crippen LogP) is 4.24.